The normalized spacial score (nSPS) is 23.8. The van der Waals surface area contributed by atoms with Gasteiger partial charge in [0, 0.05) is 30.8 Å². The van der Waals surface area contributed by atoms with Gasteiger partial charge in [0.25, 0.3) is 21.9 Å². The molecule has 144 valence electrons. The van der Waals surface area contributed by atoms with Crippen LogP contribution in [0.5, 0.6) is 0 Å². The second-order valence-corrected chi connectivity index (χ2v) is 7.52. The van der Waals surface area contributed by atoms with Gasteiger partial charge in [-0.15, -0.1) is 0 Å². The van der Waals surface area contributed by atoms with Crippen LogP contribution in [0.1, 0.15) is 32.1 Å². The van der Waals surface area contributed by atoms with Crippen molar-refractivity contribution in [2.24, 2.45) is 5.92 Å². The van der Waals surface area contributed by atoms with Crippen molar-refractivity contribution < 1.29 is 32.5 Å². The molecule has 2 aliphatic rings. The van der Waals surface area contributed by atoms with E-state index in [1.54, 1.807) is 0 Å². The molecule has 26 heavy (non-hydrogen) atoms. The van der Waals surface area contributed by atoms with Crippen LogP contribution in [-0.2, 0) is 24.5 Å². The smallest absolute Gasteiger partial charge is 0.306 e. The number of imide groups is 1. The van der Waals surface area contributed by atoms with Crippen molar-refractivity contribution in [2.45, 2.75) is 43.4 Å². The van der Waals surface area contributed by atoms with Gasteiger partial charge in [-0.05, 0) is 31.9 Å². The van der Waals surface area contributed by atoms with Crippen LogP contribution in [0.4, 0.5) is 0 Å². The lowest BCUT2D eigenvalue weighted by molar-refractivity contribution is -0.144. The van der Waals surface area contributed by atoms with Gasteiger partial charge < -0.3 is 15.9 Å². The van der Waals surface area contributed by atoms with Crippen molar-refractivity contribution in [1.29, 1.82) is 10.8 Å². The van der Waals surface area contributed by atoms with E-state index in [1.807, 2.05) is 0 Å². The van der Waals surface area contributed by atoms with Crippen LogP contribution < -0.4 is 0 Å². The summed E-state index contributed by atoms with van der Waals surface area (Å²) in [6.45, 7) is 0. The third-order valence-corrected chi connectivity index (χ3v) is 5.27. The van der Waals surface area contributed by atoms with Crippen LogP contribution in [0, 0.1) is 16.7 Å². The molecular formula is C15H21N3O7S. The van der Waals surface area contributed by atoms with Gasteiger partial charge in [-0.25, -0.2) is 0 Å². The molecule has 1 unspecified atom stereocenters. The summed E-state index contributed by atoms with van der Waals surface area (Å²) < 4.78 is 28.8. The third kappa shape index (κ3) is 5.85. The van der Waals surface area contributed by atoms with E-state index in [1.165, 1.54) is 17.1 Å². The summed E-state index contributed by atoms with van der Waals surface area (Å²) in [5.74, 6) is -1.65. The molecule has 0 aromatic carbocycles. The number of hydrogen-bond donors (Lipinski definition) is 4. The van der Waals surface area contributed by atoms with E-state index in [-0.39, 0.29) is 30.2 Å². The molecule has 0 saturated heterocycles. The number of carboxylic acid groups (broad SMARTS) is 1. The molecule has 0 spiro atoms. The Balaban J connectivity index is 0.000000294. The Morgan fingerprint density at radius 3 is 2.00 bits per heavy atom. The molecule has 0 aromatic heterocycles. The lowest BCUT2D eigenvalue weighted by atomic mass is 9.85. The third-order valence-electron chi connectivity index (χ3n) is 4.17. The summed E-state index contributed by atoms with van der Waals surface area (Å²) >= 11 is 0. The van der Waals surface area contributed by atoms with Crippen LogP contribution in [0.2, 0.25) is 0 Å². The minimum Gasteiger partial charge on any atom is -0.481 e. The first-order valence-corrected chi connectivity index (χ1v) is 9.36. The van der Waals surface area contributed by atoms with Gasteiger partial charge in [-0.2, -0.15) is 8.42 Å². The fourth-order valence-electron chi connectivity index (χ4n) is 2.74. The van der Waals surface area contributed by atoms with Crippen LogP contribution in [0.25, 0.3) is 0 Å². The summed E-state index contributed by atoms with van der Waals surface area (Å²) in [5.41, 5.74) is 0. The van der Waals surface area contributed by atoms with E-state index in [2.05, 4.69) is 0 Å². The maximum atomic E-state index is 11.4. The number of rotatable bonds is 6. The monoisotopic (exact) mass is 387 g/mol. The fraction of sp³-hybridized carbons (Fsp3) is 0.533. The van der Waals surface area contributed by atoms with Gasteiger partial charge >= 0.3 is 5.97 Å². The minimum atomic E-state index is -4.17. The molecule has 1 heterocycles. The summed E-state index contributed by atoms with van der Waals surface area (Å²) in [7, 11) is -4.17. The average molecular weight is 387 g/mol. The van der Waals surface area contributed by atoms with Crippen molar-refractivity contribution in [1.82, 2.24) is 4.90 Å². The quantitative estimate of drug-likeness (QED) is 0.291. The molecule has 1 aliphatic carbocycles. The standard InChI is InChI=1S/C11H13NO4.C4H8N2O3S/c13-9-5-6-10(14)12(9)8-3-1-7(2-4-8)11(15)16;5-2-1-4(3-6)10(7,8)9/h5-8H,1-4H2,(H,15,16);2-6H,1H2,(H,7,8,9). The molecule has 11 heteroatoms. The van der Waals surface area contributed by atoms with E-state index in [0.717, 1.165) is 6.21 Å². The lowest BCUT2D eigenvalue weighted by Gasteiger charge is -2.31. The van der Waals surface area contributed by atoms with Gasteiger partial charge in [0.15, 0.2) is 0 Å². The van der Waals surface area contributed by atoms with Gasteiger partial charge in [-0.3, -0.25) is 23.8 Å². The van der Waals surface area contributed by atoms with Gasteiger partial charge in [-0.1, -0.05) is 0 Å². The summed E-state index contributed by atoms with van der Waals surface area (Å²) in [6.07, 6.45) is 6.09. The molecule has 2 rings (SSSR count). The molecule has 10 nitrogen and oxygen atoms in total. The maximum Gasteiger partial charge on any atom is 0.306 e. The Morgan fingerprint density at radius 2 is 1.69 bits per heavy atom. The topological polar surface area (TPSA) is 177 Å². The molecule has 0 aromatic rings. The first-order valence-electron chi connectivity index (χ1n) is 7.85. The van der Waals surface area contributed by atoms with E-state index < -0.39 is 21.3 Å². The minimum absolute atomic E-state index is 0.120. The highest BCUT2D eigenvalue weighted by Gasteiger charge is 2.35. The number of aliphatic carboxylic acids is 1. The number of nitrogens with zero attached hydrogens (tertiary/aromatic N) is 1. The second-order valence-electron chi connectivity index (χ2n) is 5.88. The lowest BCUT2D eigenvalue weighted by Crippen LogP contribution is -2.42. The molecule has 0 bridgehead atoms. The van der Waals surface area contributed by atoms with Crippen molar-refractivity contribution in [3.63, 3.8) is 0 Å². The first-order chi connectivity index (χ1) is 12.1. The highest BCUT2D eigenvalue weighted by Crippen LogP contribution is 2.29. The van der Waals surface area contributed by atoms with Crippen molar-refractivity contribution in [3.05, 3.63) is 12.2 Å². The molecule has 4 N–H and O–H groups in total. The zero-order chi connectivity index (χ0) is 19.9. The van der Waals surface area contributed by atoms with Crippen LogP contribution in [0.15, 0.2) is 12.2 Å². The molecule has 1 fully saturated rings. The highest BCUT2D eigenvalue weighted by molar-refractivity contribution is 7.87. The van der Waals surface area contributed by atoms with E-state index in [0.29, 0.717) is 31.9 Å². The SMILES string of the molecule is N=CCC(C=N)S(=O)(=O)O.O=C(O)C1CCC(N2C(=O)C=CC2=O)CC1. The predicted molar refractivity (Wildman–Crippen MR) is 91.9 cm³/mol. The summed E-state index contributed by atoms with van der Waals surface area (Å²) in [4.78, 5) is 34.8. The number of hydrogen-bond acceptors (Lipinski definition) is 7. The largest absolute Gasteiger partial charge is 0.481 e. The molecule has 1 aliphatic heterocycles. The Kier molecular flexibility index (Phi) is 7.77. The molecular weight excluding hydrogens is 366 g/mol. The zero-order valence-corrected chi connectivity index (χ0v) is 14.7. The van der Waals surface area contributed by atoms with Crippen molar-refractivity contribution in [2.75, 3.05) is 0 Å². The van der Waals surface area contributed by atoms with E-state index >= 15 is 0 Å². The van der Waals surface area contributed by atoms with Crippen LogP contribution in [-0.4, -0.2) is 64.5 Å². The average Bonchev–Trinajstić information content (AvgIpc) is 2.91. The highest BCUT2D eigenvalue weighted by atomic mass is 32.2. The van der Waals surface area contributed by atoms with Gasteiger partial charge in [0.05, 0.1) is 5.92 Å². The van der Waals surface area contributed by atoms with E-state index in [4.69, 9.17) is 20.5 Å². The molecule has 0 radical (unpaired) electrons. The second kappa shape index (κ2) is 9.34. The number of carbonyl (C=O) groups excluding carboxylic acids is 2. The number of carboxylic acids is 1. The molecule has 2 amide bonds. The number of amides is 2. The summed E-state index contributed by atoms with van der Waals surface area (Å²) in [6, 6.07) is -0.120. The Bertz CT molecular complexity index is 691. The first kappa shape index (κ1) is 21.6. The van der Waals surface area contributed by atoms with E-state index in [9.17, 15) is 22.8 Å². The maximum absolute atomic E-state index is 11.4. The van der Waals surface area contributed by atoms with Crippen molar-refractivity contribution in [3.8, 4) is 0 Å². The van der Waals surface area contributed by atoms with Crippen LogP contribution in [0.3, 0.4) is 0 Å². The number of carbonyl (C=O) groups is 3. The Labute approximate surface area is 150 Å². The predicted octanol–water partition coefficient (Wildman–Crippen LogP) is 0.487. The molecule has 1 saturated carbocycles. The van der Waals surface area contributed by atoms with Crippen LogP contribution >= 0.6 is 0 Å². The molecule has 1 atom stereocenters. The Hall–Kier alpha value is -2.40. The van der Waals surface area contributed by atoms with Gasteiger partial charge in [0.2, 0.25) is 0 Å². The summed E-state index contributed by atoms with van der Waals surface area (Å²) in [5, 5.41) is 20.6. The number of nitrogens with one attached hydrogen (secondary N) is 2. The van der Waals surface area contributed by atoms with Gasteiger partial charge in [0.1, 0.15) is 5.25 Å². The van der Waals surface area contributed by atoms with Crippen molar-refractivity contribution >= 4 is 40.3 Å². The Morgan fingerprint density at radius 1 is 1.19 bits per heavy atom. The fourth-order valence-corrected chi connectivity index (χ4v) is 3.26. The zero-order valence-electron chi connectivity index (χ0n) is 13.9.